The molecule has 2 fully saturated rings. The van der Waals surface area contributed by atoms with Crippen molar-refractivity contribution in [3.8, 4) is 0 Å². The smallest absolute Gasteiger partial charge is 0.225 e. The molecule has 1 aliphatic carbocycles. The fourth-order valence-corrected chi connectivity index (χ4v) is 3.84. The number of carbonyl (C=O) groups is 1. The molecule has 0 radical (unpaired) electrons. The molecule has 2 aliphatic rings. The van der Waals surface area contributed by atoms with Crippen LogP contribution < -0.4 is 0 Å². The average molecular weight is 304 g/mol. The summed E-state index contributed by atoms with van der Waals surface area (Å²) < 4.78 is 5.32. The van der Waals surface area contributed by atoms with Gasteiger partial charge in [-0.25, -0.2) is 0 Å². The minimum atomic E-state index is 0.190. The number of hydrogen-bond donors (Lipinski definition) is 0. The van der Waals surface area contributed by atoms with E-state index in [0.717, 1.165) is 32.5 Å². The summed E-state index contributed by atoms with van der Waals surface area (Å²) in [4.78, 5) is 14.9. The van der Waals surface area contributed by atoms with Gasteiger partial charge in [-0.2, -0.15) is 0 Å². The number of halogens is 1. The molecule has 2 atom stereocenters. The van der Waals surface area contributed by atoms with E-state index in [1.54, 1.807) is 0 Å². The van der Waals surface area contributed by atoms with E-state index in [2.05, 4.69) is 15.9 Å². The van der Waals surface area contributed by atoms with Gasteiger partial charge in [-0.1, -0.05) is 28.8 Å². The van der Waals surface area contributed by atoms with E-state index in [-0.39, 0.29) is 5.92 Å². The van der Waals surface area contributed by atoms with Gasteiger partial charge in [-0.3, -0.25) is 4.79 Å². The van der Waals surface area contributed by atoms with Crippen LogP contribution in [0.4, 0.5) is 0 Å². The van der Waals surface area contributed by atoms with Crippen LogP contribution in [-0.2, 0) is 9.53 Å². The van der Waals surface area contributed by atoms with Gasteiger partial charge in [-0.05, 0) is 25.7 Å². The molecule has 0 aromatic rings. The molecule has 4 heteroatoms. The van der Waals surface area contributed by atoms with Crippen LogP contribution in [-0.4, -0.2) is 41.9 Å². The lowest BCUT2D eigenvalue weighted by atomic mass is 9.92. The van der Waals surface area contributed by atoms with E-state index in [1.165, 1.54) is 19.3 Å². The Morgan fingerprint density at radius 2 is 1.82 bits per heavy atom. The predicted octanol–water partition coefficient (Wildman–Crippen LogP) is 2.58. The lowest BCUT2D eigenvalue weighted by Crippen LogP contribution is -2.47. The van der Waals surface area contributed by atoms with E-state index in [9.17, 15) is 4.79 Å². The third-order valence-corrected chi connectivity index (χ3v) is 5.13. The fraction of sp³-hybridized carbons (Fsp3) is 0.923. The second-order valence-corrected chi connectivity index (χ2v) is 6.38. The summed E-state index contributed by atoms with van der Waals surface area (Å²) in [5, 5.41) is 0. The minimum Gasteiger partial charge on any atom is -0.381 e. The van der Waals surface area contributed by atoms with Crippen molar-refractivity contribution in [1.29, 1.82) is 0 Å². The molecule has 0 aromatic heterocycles. The van der Waals surface area contributed by atoms with Gasteiger partial charge in [0.05, 0.1) is 0 Å². The number of alkyl halides is 1. The molecule has 1 saturated carbocycles. The van der Waals surface area contributed by atoms with Crippen LogP contribution in [0.2, 0.25) is 0 Å². The number of amides is 1. The summed E-state index contributed by atoms with van der Waals surface area (Å²) in [5.74, 6) is 0.514. The van der Waals surface area contributed by atoms with Crippen LogP contribution in [0.15, 0.2) is 0 Å². The quantitative estimate of drug-likeness (QED) is 0.734. The summed E-state index contributed by atoms with van der Waals surface area (Å²) in [5.41, 5.74) is 0. The molecule has 1 heterocycles. The van der Waals surface area contributed by atoms with E-state index in [4.69, 9.17) is 4.74 Å². The molecular weight excluding hydrogens is 282 g/mol. The maximum atomic E-state index is 12.4. The Morgan fingerprint density at radius 3 is 2.47 bits per heavy atom. The van der Waals surface area contributed by atoms with Crippen molar-refractivity contribution in [2.24, 2.45) is 5.92 Å². The lowest BCUT2D eigenvalue weighted by Gasteiger charge is -2.37. The second kappa shape index (κ2) is 6.19. The Bertz CT molecular complexity index is 266. The van der Waals surface area contributed by atoms with Crippen molar-refractivity contribution in [2.75, 3.05) is 20.3 Å². The lowest BCUT2D eigenvalue weighted by molar-refractivity contribution is -0.139. The van der Waals surface area contributed by atoms with Crippen molar-refractivity contribution < 1.29 is 9.53 Å². The molecule has 17 heavy (non-hydrogen) atoms. The fourth-order valence-electron chi connectivity index (χ4n) is 2.90. The maximum Gasteiger partial charge on any atom is 0.225 e. The van der Waals surface area contributed by atoms with E-state index in [0.29, 0.717) is 16.8 Å². The molecule has 1 aliphatic heterocycles. The van der Waals surface area contributed by atoms with Gasteiger partial charge in [0.1, 0.15) is 0 Å². The van der Waals surface area contributed by atoms with Crippen molar-refractivity contribution in [3.05, 3.63) is 0 Å². The summed E-state index contributed by atoms with van der Waals surface area (Å²) >= 11 is 3.73. The molecule has 1 amide bonds. The first-order valence-corrected chi connectivity index (χ1v) is 7.60. The van der Waals surface area contributed by atoms with Crippen LogP contribution in [0.25, 0.3) is 0 Å². The van der Waals surface area contributed by atoms with Gasteiger partial charge in [0.2, 0.25) is 5.91 Å². The van der Waals surface area contributed by atoms with Gasteiger partial charge in [0.15, 0.2) is 0 Å². The molecule has 2 rings (SSSR count). The molecule has 3 nitrogen and oxygen atoms in total. The van der Waals surface area contributed by atoms with Gasteiger partial charge < -0.3 is 9.64 Å². The van der Waals surface area contributed by atoms with Crippen LogP contribution in [0, 0.1) is 5.92 Å². The highest BCUT2D eigenvalue weighted by Gasteiger charge is 2.32. The topological polar surface area (TPSA) is 29.5 Å². The molecule has 1 saturated heterocycles. The third kappa shape index (κ3) is 3.22. The molecule has 0 bridgehead atoms. The highest BCUT2D eigenvalue weighted by atomic mass is 79.9. The monoisotopic (exact) mass is 303 g/mol. The van der Waals surface area contributed by atoms with Gasteiger partial charge >= 0.3 is 0 Å². The van der Waals surface area contributed by atoms with Crippen LogP contribution in [0.5, 0.6) is 0 Å². The number of carbonyl (C=O) groups excluding carboxylic acids is 1. The Hall–Kier alpha value is -0.0900. The maximum absolute atomic E-state index is 12.4. The normalized spacial score (nSPS) is 31.2. The van der Waals surface area contributed by atoms with Crippen molar-refractivity contribution in [2.45, 2.75) is 49.4 Å². The molecule has 0 N–H and O–H groups in total. The standard InChI is InChI=1S/C13H22BrNO2/c1-15(12-5-3-2-4-11(12)14)13(16)10-6-8-17-9-7-10/h10-12H,2-9H2,1H3. The molecular formula is C13H22BrNO2. The first-order chi connectivity index (χ1) is 8.20. The summed E-state index contributed by atoms with van der Waals surface area (Å²) in [6, 6.07) is 0.388. The van der Waals surface area contributed by atoms with Gasteiger partial charge in [-0.15, -0.1) is 0 Å². The number of hydrogen-bond acceptors (Lipinski definition) is 2. The number of rotatable bonds is 2. The average Bonchev–Trinajstić information content (AvgIpc) is 2.39. The van der Waals surface area contributed by atoms with Crippen molar-refractivity contribution in [3.63, 3.8) is 0 Å². The number of nitrogens with zero attached hydrogens (tertiary/aromatic N) is 1. The zero-order valence-electron chi connectivity index (χ0n) is 10.5. The minimum absolute atomic E-state index is 0.190. The predicted molar refractivity (Wildman–Crippen MR) is 71.3 cm³/mol. The highest BCUT2D eigenvalue weighted by molar-refractivity contribution is 9.09. The van der Waals surface area contributed by atoms with E-state index >= 15 is 0 Å². The van der Waals surface area contributed by atoms with Crippen LogP contribution in [0.3, 0.4) is 0 Å². The van der Waals surface area contributed by atoms with Gasteiger partial charge in [0.25, 0.3) is 0 Å². The number of ether oxygens (including phenoxy) is 1. The summed E-state index contributed by atoms with van der Waals surface area (Å²) in [6.45, 7) is 1.49. The molecule has 2 unspecified atom stereocenters. The molecule has 0 aromatic carbocycles. The van der Waals surface area contributed by atoms with Gasteiger partial charge in [0, 0.05) is 37.0 Å². The van der Waals surface area contributed by atoms with E-state index in [1.807, 2.05) is 11.9 Å². The summed E-state index contributed by atoms with van der Waals surface area (Å²) in [6.07, 6.45) is 6.65. The first-order valence-electron chi connectivity index (χ1n) is 6.68. The van der Waals surface area contributed by atoms with Crippen molar-refractivity contribution in [1.82, 2.24) is 4.90 Å². The first kappa shape index (κ1) is 13.3. The third-order valence-electron chi connectivity index (χ3n) is 4.06. The second-order valence-electron chi connectivity index (χ2n) is 5.20. The van der Waals surface area contributed by atoms with Crippen molar-refractivity contribution >= 4 is 21.8 Å². The Kier molecular flexibility index (Phi) is 4.86. The Balaban J connectivity index is 1.92. The molecule has 98 valence electrons. The Morgan fingerprint density at radius 1 is 1.18 bits per heavy atom. The highest BCUT2D eigenvalue weighted by Crippen LogP contribution is 2.29. The SMILES string of the molecule is CN(C(=O)C1CCOCC1)C1CCCCC1Br. The zero-order chi connectivity index (χ0) is 12.3. The zero-order valence-corrected chi connectivity index (χ0v) is 12.1. The van der Waals surface area contributed by atoms with E-state index < -0.39 is 0 Å². The summed E-state index contributed by atoms with van der Waals surface area (Å²) in [7, 11) is 1.97. The molecule has 0 spiro atoms. The van der Waals surface area contributed by atoms with Crippen LogP contribution in [0.1, 0.15) is 38.5 Å². The van der Waals surface area contributed by atoms with Crippen LogP contribution >= 0.6 is 15.9 Å². The largest absolute Gasteiger partial charge is 0.381 e. The Labute approximate surface area is 112 Å².